The molecule has 0 aliphatic carbocycles. The first-order valence-electron chi connectivity index (χ1n) is 8.45. The van der Waals surface area contributed by atoms with Crippen LogP contribution in [0.5, 0.6) is 0 Å². The average Bonchev–Trinajstić information content (AvgIpc) is 3.23. The molecule has 2 aromatic heterocycles. The highest BCUT2D eigenvalue weighted by Crippen LogP contribution is 2.26. The van der Waals surface area contributed by atoms with Gasteiger partial charge in [0.2, 0.25) is 0 Å². The van der Waals surface area contributed by atoms with Crippen molar-refractivity contribution in [3.8, 4) is 0 Å². The number of furan rings is 1. The van der Waals surface area contributed by atoms with Gasteiger partial charge in [-0.25, -0.2) is 4.98 Å². The highest BCUT2D eigenvalue weighted by Gasteiger charge is 2.25. The number of benzene rings is 1. The lowest BCUT2D eigenvalue weighted by atomic mass is 9.96. The van der Waals surface area contributed by atoms with Crippen molar-refractivity contribution in [3.05, 3.63) is 54.3 Å². The van der Waals surface area contributed by atoms with Crippen molar-refractivity contribution in [2.45, 2.75) is 26.3 Å². The van der Waals surface area contributed by atoms with Crippen molar-refractivity contribution < 1.29 is 9.21 Å². The minimum absolute atomic E-state index is 0.0797. The molecular formula is C19H21N3O2. The Morgan fingerprint density at radius 2 is 2.17 bits per heavy atom. The molecule has 0 saturated carbocycles. The van der Waals surface area contributed by atoms with Crippen LogP contribution in [0, 0.1) is 12.8 Å². The molecule has 1 aliphatic heterocycles. The van der Waals surface area contributed by atoms with Crippen LogP contribution in [0.15, 0.2) is 47.4 Å². The molecule has 5 nitrogen and oxygen atoms in total. The molecule has 0 atom stereocenters. The number of likely N-dealkylation sites (tertiary alicyclic amines) is 1. The highest BCUT2D eigenvalue weighted by atomic mass is 16.3. The molecule has 0 spiro atoms. The molecule has 0 bridgehead atoms. The number of carbonyl (C=O) groups excluding carboxylic acids is 1. The second kappa shape index (κ2) is 6.15. The van der Waals surface area contributed by atoms with E-state index in [0.29, 0.717) is 17.1 Å². The predicted octanol–water partition coefficient (Wildman–Crippen LogP) is 3.49. The van der Waals surface area contributed by atoms with Crippen LogP contribution in [0.2, 0.25) is 0 Å². The maximum Gasteiger partial charge on any atom is 0.257 e. The van der Waals surface area contributed by atoms with E-state index < -0.39 is 0 Å². The quantitative estimate of drug-likeness (QED) is 0.741. The number of para-hydroxylation sites is 1. The van der Waals surface area contributed by atoms with Gasteiger partial charge in [-0.15, -0.1) is 0 Å². The van der Waals surface area contributed by atoms with E-state index in [0.717, 1.165) is 43.6 Å². The summed E-state index contributed by atoms with van der Waals surface area (Å²) >= 11 is 0. The molecule has 1 fully saturated rings. The molecular weight excluding hydrogens is 302 g/mol. The Morgan fingerprint density at radius 1 is 1.33 bits per heavy atom. The normalized spacial score (nSPS) is 16.0. The Kier molecular flexibility index (Phi) is 3.84. The Hall–Kier alpha value is -2.56. The Morgan fingerprint density at radius 3 is 2.92 bits per heavy atom. The number of piperidine rings is 1. The van der Waals surface area contributed by atoms with Crippen LogP contribution in [0.3, 0.4) is 0 Å². The molecule has 3 heterocycles. The molecule has 1 saturated heterocycles. The van der Waals surface area contributed by atoms with Crippen molar-refractivity contribution >= 4 is 16.9 Å². The van der Waals surface area contributed by atoms with E-state index in [4.69, 9.17) is 4.42 Å². The van der Waals surface area contributed by atoms with Gasteiger partial charge < -0.3 is 13.9 Å². The lowest BCUT2D eigenvalue weighted by Crippen LogP contribution is -2.39. The number of carbonyl (C=O) groups is 1. The molecule has 4 rings (SSSR count). The lowest BCUT2D eigenvalue weighted by molar-refractivity contribution is 0.0683. The fraction of sp³-hybridized carbons (Fsp3) is 0.368. The van der Waals surface area contributed by atoms with Gasteiger partial charge in [-0.1, -0.05) is 12.1 Å². The van der Waals surface area contributed by atoms with E-state index in [9.17, 15) is 4.79 Å². The minimum Gasteiger partial charge on any atom is -0.461 e. The molecule has 0 radical (unpaired) electrons. The Balaban J connectivity index is 1.46. The summed E-state index contributed by atoms with van der Waals surface area (Å²) in [5.74, 6) is 1.52. The van der Waals surface area contributed by atoms with Crippen molar-refractivity contribution in [1.29, 1.82) is 0 Å². The molecule has 1 aliphatic rings. The first-order chi connectivity index (χ1) is 11.7. The average molecular weight is 323 g/mol. The summed E-state index contributed by atoms with van der Waals surface area (Å²) in [5.41, 5.74) is 1.38. The van der Waals surface area contributed by atoms with Crippen LogP contribution in [-0.2, 0) is 6.54 Å². The number of hydrogen-bond donors (Lipinski definition) is 0. The van der Waals surface area contributed by atoms with Crippen molar-refractivity contribution in [2.75, 3.05) is 13.1 Å². The maximum atomic E-state index is 12.9. The second-order valence-electron chi connectivity index (χ2n) is 6.58. The van der Waals surface area contributed by atoms with E-state index in [1.165, 1.54) is 0 Å². The van der Waals surface area contributed by atoms with Gasteiger partial charge in [0.15, 0.2) is 0 Å². The number of aryl methyl sites for hydroxylation is 1. The molecule has 1 aromatic carbocycles. The number of imidazole rings is 1. The first-order valence-corrected chi connectivity index (χ1v) is 8.45. The molecule has 0 unspecified atom stereocenters. The third-order valence-electron chi connectivity index (χ3n) is 4.83. The van der Waals surface area contributed by atoms with Gasteiger partial charge in [-0.3, -0.25) is 4.79 Å². The summed E-state index contributed by atoms with van der Waals surface area (Å²) in [6.45, 7) is 4.49. The smallest absolute Gasteiger partial charge is 0.257 e. The van der Waals surface area contributed by atoms with Gasteiger partial charge in [0.1, 0.15) is 11.3 Å². The van der Waals surface area contributed by atoms with Crippen LogP contribution in [0.25, 0.3) is 11.0 Å². The fourth-order valence-corrected chi connectivity index (χ4v) is 3.54. The number of rotatable bonds is 3. The van der Waals surface area contributed by atoms with E-state index >= 15 is 0 Å². The number of amides is 1. The van der Waals surface area contributed by atoms with Crippen molar-refractivity contribution in [3.63, 3.8) is 0 Å². The summed E-state index contributed by atoms with van der Waals surface area (Å²) in [5, 5.41) is 0.994. The van der Waals surface area contributed by atoms with Crippen LogP contribution < -0.4 is 0 Å². The van der Waals surface area contributed by atoms with Crippen LogP contribution in [0.4, 0.5) is 0 Å². The van der Waals surface area contributed by atoms with Gasteiger partial charge in [0, 0.05) is 37.4 Å². The molecule has 0 N–H and O–H groups in total. The Labute approximate surface area is 140 Å². The summed E-state index contributed by atoms with van der Waals surface area (Å²) in [6, 6.07) is 7.75. The fourth-order valence-electron chi connectivity index (χ4n) is 3.54. The minimum atomic E-state index is 0.0797. The van der Waals surface area contributed by atoms with E-state index in [1.807, 2.05) is 54.8 Å². The van der Waals surface area contributed by atoms with Gasteiger partial charge in [-0.2, -0.15) is 0 Å². The zero-order valence-electron chi connectivity index (χ0n) is 13.8. The van der Waals surface area contributed by atoms with Crippen molar-refractivity contribution in [1.82, 2.24) is 14.5 Å². The molecule has 24 heavy (non-hydrogen) atoms. The van der Waals surface area contributed by atoms with E-state index in [1.54, 1.807) is 0 Å². The zero-order valence-corrected chi connectivity index (χ0v) is 13.8. The topological polar surface area (TPSA) is 51.3 Å². The standard InChI is InChI=1S/C19H21N3O2/c1-14-11-16-3-2-4-17(18(16)24-14)19(23)22-8-5-15(6-9-22)12-21-10-7-20-13-21/h2-4,7,10-11,13,15H,5-6,8-9,12H2,1H3. The van der Waals surface area contributed by atoms with Gasteiger partial charge in [0.25, 0.3) is 5.91 Å². The first kappa shape index (κ1) is 15.0. The molecule has 124 valence electrons. The molecule has 1 amide bonds. The van der Waals surface area contributed by atoms with Crippen LogP contribution >= 0.6 is 0 Å². The number of nitrogens with zero attached hydrogens (tertiary/aromatic N) is 3. The Bertz CT molecular complexity index is 843. The lowest BCUT2D eigenvalue weighted by Gasteiger charge is -2.32. The van der Waals surface area contributed by atoms with E-state index in [-0.39, 0.29) is 5.91 Å². The maximum absolute atomic E-state index is 12.9. The zero-order chi connectivity index (χ0) is 16.5. The van der Waals surface area contributed by atoms with Gasteiger partial charge in [0.05, 0.1) is 11.9 Å². The predicted molar refractivity (Wildman–Crippen MR) is 91.8 cm³/mol. The van der Waals surface area contributed by atoms with Crippen LogP contribution in [-0.4, -0.2) is 33.4 Å². The second-order valence-corrected chi connectivity index (χ2v) is 6.58. The largest absolute Gasteiger partial charge is 0.461 e. The van der Waals surface area contributed by atoms with E-state index in [2.05, 4.69) is 9.55 Å². The number of aromatic nitrogens is 2. The number of hydrogen-bond acceptors (Lipinski definition) is 3. The van der Waals surface area contributed by atoms with Gasteiger partial charge >= 0.3 is 0 Å². The summed E-state index contributed by atoms with van der Waals surface area (Å²) in [7, 11) is 0. The summed E-state index contributed by atoms with van der Waals surface area (Å²) in [4.78, 5) is 18.9. The molecule has 5 heteroatoms. The molecule has 3 aromatic rings. The third kappa shape index (κ3) is 2.82. The van der Waals surface area contributed by atoms with Crippen molar-refractivity contribution in [2.24, 2.45) is 5.92 Å². The third-order valence-corrected chi connectivity index (χ3v) is 4.83. The van der Waals surface area contributed by atoms with Gasteiger partial charge in [-0.05, 0) is 37.8 Å². The monoisotopic (exact) mass is 323 g/mol. The SMILES string of the molecule is Cc1cc2cccc(C(=O)N3CCC(Cn4ccnc4)CC3)c2o1. The summed E-state index contributed by atoms with van der Waals surface area (Å²) in [6.07, 6.45) is 7.72. The van der Waals surface area contributed by atoms with Crippen LogP contribution in [0.1, 0.15) is 29.0 Å². The number of fused-ring (bicyclic) bond motifs is 1. The highest BCUT2D eigenvalue weighted by molar-refractivity contribution is 6.05. The summed E-state index contributed by atoms with van der Waals surface area (Å²) < 4.78 is 7.86.